The molecule has 1 amide bonds. The van der Waals surface area contributed by atoms with Crippen LogP contribution in [0.25, 0.3) is 0 Å². The van der Waals surface area contributed by atoms with Crippen molar-refractivity contribution in [3.63, 3.8) is 0 Å². The first-order chi connectivity index (χ1) is 7.61. The predicted octanol–water partition coefficient (Wildman–Crippen LogP) is 1.26. The Morgan fingerprint density at radius 1 is 1.38 bits per heavy atom. The highest BCUT2D eigenvalue weighted by Gasteiger charge is 2.10. The normalized spacial score (nSPS) is 10.8. The number of ether oxygens (including phenoxy) is 1. The second-order valence-electron chi connectivity index (χ2n) is 4.03. The fraction of sp³-hybridized carbons (Fsp3) is 0.917. The van der Waals surface area contributed by atoms with E-state index < -0.39 is 0 Å². The molecule has 0 saturated carbocycles. The molecule has 0 bridgehead atoms. The van der Waals surface area contributed by atoms with Crippen LogP contribution in [0, 0.1) is 0 Å². The molecule has 96 valence electrons. The van der Waals surface area contributed by atoms with E-state index in [4.69, 9.17) is 4.74 Å². The summed E-state index contributed by atoms with van der Waals surface area (Å²) < 4.78 is 5.25. The Hall–Kier alpha value is -0.610. The molecule has 0 saturated heterocycles. The highest BCUT2D eigenvalue weighted by atomic mass is 16.5. The van der Waals surface area contributed by atoms with Crippen LogP contribution in [0.4, 0.5) is 0 Å². The molecule has 16 heavy (non-hydrogen) atoms. The Morgan fingerprint density at radius 3 is 2.56 bits per heavy atom. The first-order valence-corrected chi connectivity index (χ1v) is 6.20. The summed E-state index contributed by atoms with van der Waals surface area (Å²) in [6.45, 7) is 11.7. The Morgan fingerprint density at radius 2 is 2.06 bits per heavy atom. The van der Waals surface area contributed by atoms with Crippen LogP contribution in [0.5, 0.6) is 0 Å². The molecule has 0 rings (SSSR count). The number of carbonyl (C=O) groups is 1. The van der Waals surface area contributed by atoms with Crippen molar-refractivity contribution in [1.82, 2.24) is 10.2 Å². The van der Waals surface area contributed by atoms with Gasteiger partial charge in [-0.15, -0.1) is 0 Å². The van der Waals surface area contributed by atoms with Gasteiger partial charge in [0.25, 0.3) is 0 Å². The van der Waals surface area contributed by atoms with Gasteiger partial charge in [-0.05, 0) is 13.8 Å². The zero-order chi connectivity index (χ0) is 12.4. The molecular formula is C12H26N2O2. The summed E-state index contributed by atoms with van der Waals surface area (Å²) in [6, 6.07) is 0.436. The van der Waals surface area contributed by atoms with Crippen LogP contribution in [0.3, 0.4) is 0 Å². The molecule has 4 nitrogen and oxygen atoms in total. The van der Waals surface area contributed by atoms with Gasteiger partial charge in [-0.25, -0.2) is 0 Å². The van der Waals surface area contributed by atoms with Crippen LogP contribution in [0.1, 0.15) is 34.1 Å². The molecule has 0 fully saturated rings. The number of carbonyl (C=O) groups excluding carboxylic acids is 1. The fourth-order valence-electron chi connectivity index (χ4n) is 1.40. The SMILES string of the molecule is CCOCCN(CC)C(=O)CCNC(C)C. The first kappa shape index (κ1) is 15.4. The molecule has 0 unspecified atom stereocenters. The van der Waals surface area contributed by atoms with Gasteiger partial charge < -0.3 is 15.0 Å². The van der Waals surface area contributed by atoms with Crippen LogP contribution in [0.15, 0.2) is 0 Å². The first-order valence-electron chi connectivity index (χ1n) is 6.20. The second-order valence-corrected chi connectivity index (χ2v) is 4.03. The van der Waals surface area contributed by atoms with E-state index in [9.17, 15) is 4.79 Å². The third kappa shape index (κ3) is 7.65. The lowest BCUT2D eigenvalue weighted by Gasteiger charge is -2.21. The van der Waals surface area contributed by atoms with E-state index >= 15 is 0 Å². The van der Waals surface area contributed by atoms with Gasteiger partial charge in [-0.3, -0.25) is 4.79 Å². The summed E-state index contributed by atoms with van der Waals surface area (Å²) >= 11 is 0. The third-order valence-corrected chi connectivity index (χ3v) is 2.34. The van der Waals surface area contributed by atoms with Crippen molar-refractivity contribution in [3.8, 4) is 0 Å². The minimum absolute atomic E-state index is 0.204. The standard InChI is InChI=1S/C12H26N2O2/c1-5-14(9-10-16-6-2)12(15)7-8-13-11(3)4/h11,13H,5-10H2,1-4H3. The number of rotatable bonds is 9. The second kappa shape index (κ2) is 9.60. The van der Waals surface area contributed by atoms with Gasteiger partial charge in [-0.2, -0.15) is 0 Å². The molecule has 0 aliphatic carbocycles. The molecule has 0 spiro atoms. The van der Waals surface area contributed by atoms with Crippen molar-refractivity contribution < 1.29 is 9.53 Å². The molecule has 4 heteroatoms. The van der Waals surface area contributed by atoms with Crippen LogP contribution >= 0.6 is 0 Å². The van der Waals surface area contributed by atoms with Gasteiger partial charge in [0.1, 0.15) is 0 Å². The monoisotopic (exact) mass is 230 g/mol. The Balaban J connectivity index is 3.73. The summed E-state index contributed by atoms with van der Waals surface area (Å²) in [7, 11) is 0. The number of hydrogen-bond donors (Lipinski definition) is 1. The Labute approximate surface area is 99.3 Å². The van der Waals surface area contributed by atoms with Crippen molar-refractivity contribution in [2.45, 2.75) is 40.2 Å². The highest BCUT2D eigenvalue weighted by Crippen LogP contribution is 1.94. The lowest BCUT2D eigenvalue weighted by Crippen LogP contribution is -2.36. The molecule has 0 atom stereocenters. The quantitative estimate of drug-likeness (QED) is 0.606. The number of likely N-dealkylation sites (N-methyl/N-ethyl adjacent to an activating group) is 1. The Bertz CT molecular complexity index is 184. The average Bonchev–Trinajstić information content (AvgIpc) is 2.23. The van der Waals surface area contributed by atoms with Gasteiger partial charge in [0, 0.05) is 38.7 Å². The average molecular weight is 230 g/mol. The predicted molar refractivity (Wildman–Crippen MR) is 66.5 cm³/mol. The number of hydrogen-bond acceptors (Lipinski definition) is 3. The van der Waals surface area contributed by atoms with Gasteiger partial charge in [0.15, 0.2) is 0 Å². The maximum Gasteiger partial charge on any atom is 0.223 e. The molecule has 0 aliphatic heterocycles. The minimum atomic E-state index is 0.204. The van der Waals surface area contributed by atoms with Gasteiger partial charge in [0.2, 0.25) is 5.91 Å². The van der Waals surface area contributed by atoms with Crippen LogP contribution in [0.2, 0.25) is 0 Å². The maximum absolute atomic E-state index is 11.8. The zero-order valence-electron chi connectivity index (χ0n) is 11.1. The summed E-state index contributed by atoms with van der Waals surface area (Å²) in [5, 5.41) is 3.24. The molecule has 0 aromatic carbocycles. The summed E-state index contributed by atoms with van der Waals surface area (Å²) in [5.74, 6) is 0.204. The van der Waals surface area contributed by atoms with Gasteiger partial charge in [0.05, 0.1) is 6.61 Å². The Kier molecular flexibility index (Phi) is 9.24. The van der Waals surface area contributed by atoms with Crippen molar-refractivity contribution >= 4 is 5.91 Å². The summed E-state index contributed by atoms with van der Waals surface area (Å²) in [6.07, 6.45) is 0.568. The van der Waals surface area contributed by atoms with Crippen LogP contribution in [-0.4, -0.2) is 49.7 Å². The van der Waals surface area contributed by atoms with Gasteiger partial charge >= 0.3 is 0 Å². The van der Waals surface area contributed by atoms with E-state index in [1.54, 1.807) is 0 Å². The number of nitrogens with one attached hydrogen (secondary N) is 1. The molecule has 0 aliphatic rings. The van der Waals surface area contributed by atoms with E-state index in [2.05, 4.69) is 19.2 Å². The number of amides is 1. The van der Waals surface area contributed by atoms with E-state index in [1.165, 1.54) is 0 Å². The summed E-state index contributed by atoms with van der Waals surface area (Å²) in [4.78, 5) is 13.6. The highest BCUT2D eigenvalue weighted by molar-refractivity contribution is 5.76. The van der Waals surface area contributed by atoms with E-state index in [1.807, 2.05) is 18.7 Å². The van der Waals surface area contributed by atoms with Crippen molar-refractivity contribution in [1.29, 1.82) is 0 Å². The number of nitrogens with zero attached hydrogens (tertiary/aromatic N) is 1. The third-order valence-electron chi connectivity index (χ3n) is 2.34. The molecule has 0 aromatic heterocycles. The van der Waals surface area contributed by atoms with Gasteiger partial charge in [-0.1, -0.05) is 13.8 Å². The fourth-order valence-corrected chi connectivity index (χ4v) is 1.40. The van der Waals surface area contributed by atoms with E-state index in [0.717, 1.165) is 13.1 Å². The minimum Gasteiger partial charge on any atom is -0.380 e. The van der Waals surface area contributed by atoms with E-state index in [0.29, 0.717) is 32.2 Å². The molecule has 1 N–H and O–H groups in total. The lowest BCUT2D eigenvalue weighted by atomic mass is 10.3. The molecular weight excluding hydrogens is 204 g/mol. The van der Waals surface area contributed by atoms with Crippen molar-refractivity contribution in [3.05, 3.63) is 0 Å². The van der Waals surface area contributed by atoms with Crippen molar-refractivity contribution in [2.75, 3.05) is 32.8 Å². The molecule has 0 aromatic rings. The maximum atomic E-state index is 11.8. The van der Waals surface area contributed by atoms with E-state index in [-0.39, 0.29) is 5.91 Å². The van der Waals surface area contributed by atoms with Crippen molar-refractivity contribution in [2.24, 2.45) is 0 Å². The lowest BCUT2D eigenvalue weighted by molar-refractivity contribution is -0.131. The molecule has 0 radical (unpaired) electrons. The smallest absolute Gasteiger partial charge is 0.223 e. The zero-order valence-corrected chi connectivity index (χ0v) is 11.1. The summed E-state index contributed by atoms with van der Waals surface area (Å²) in [5.41, 5.74) is 0. The topological polar surface area (TPSA) is 41.6 Å². The molecule has 0 heterocycles. The largest absolute Gasteiger partial charge is 0.380 e. The van der Waals surface area contributed by atoms with Crippen LogP contribution in [-0.2, 0) is 9.53 Å². The van der Waals surface area contributed by atoms with Crippen LogP contribution < -0.4 is 5.32 Å².